The van der Waals surface area contributed by atoms with E-state index in [1.54, 1.807) is 0 Å². The van der Waals surface area contributed by atoms with Crippen LogP contribution in [0.4, 0.5) is 17.6 Å². The van der Waals surface area contributed by atoms with Crippen molar-refractivity contribution in [1.82, 2.24) is 0 Å². The second-order valence-electron chi connectivity index (χ2n) is 4.53. The smallest absolute Gasteiger partial charge is 0.159 e. The Labute approximate surface area is 125 Å². The number of benzene rings is 2. The summed E-state index contributed by atoms with van der Waals surface area (Å²) in [5, 5.41) is 8.95. The first kappa shape index (κ1) is 17.8. The Kier molecular flexibility index (Phi) is 6.24. The summed E-state index contributed by atoms with van der Waals surface area (Å²) in [7, 11) is 0. The maximum atomic E-state index is 12.5. The predicted molar refractivity (Wildman–Crippen MR) is 73.4 cm³/mol. The molecular weight excluding hydrogens is 300 g/mol. The summed E-state index contributed by atoms with van der Waals surface area (Å²) in [5.41, 5.74) is 0.563. The van der Waals surface area contributed by atoms with Crippen LogP contribution in [-0.4, -0.2) is 10.9 Å². The highest BCUT2D eigenvalue weighted by Gasteiger charge is 2.05. The van der Waals surface area contributed by atoms with Gasteiger partial charge in [0.25, 0.3) is 0 Å². The lowest BCUT2D eigenvalue weighted by molar-refractivity contribution is 0.101. The van der Waals surface area contributed by atoms with Crippen molar-refractivity contribution in [3.63, 3.8) is 0 Å². The van der Waals surface area contributed by atoms with E-state index >= 15 is 0 Å². The number of hydrogen-bond acceptors (Lipinski definition) is 2. The number of hydrogen-bond donors (Lipinski definition) is 1. The van der Waals surface area contributed by atoms with Crippen LogP contribution in [0.1, 0.15) is 35.9 Å². The van der Waals surface area contributed by atoms with Gasteiger partial charge in [-0.2, -0.15) is 0 Å². The number of aliphatic hydroxyl groups excluding tert-OH is 1. The second-order valence-corrected chi connectivity index (χ2v) is 4.53. The van der Waals surface area contributed by atoms with Gasteiger partial charge in [-0.15, -0.1) is 0 Å². The van der Waals surface area contributed by atoms with E-state index in [1.807, 2.05) is 0 Å². The average Bonchev–Trinajstić information content (AvgIpc) is 2.45. The number of carbonyl (C=O) groups excluding carboxylic acids is 1. The molecule has 0 unspecified atom stereocenters. The van der Waals surface area contributed by atoms with Crippen molar-refractivity contribution in [2.24, 2.45) is 0 Å². The normalized spacial score (nSPS) is 11.4. The molecule has 0 aliphatic heterocycles. The minimum Gasteiger partial charge on any atom is -0.389 e. The lowest BCUT2D eigenvalue weighted by Crippen LogP contribution is -1.94. The fraction of sp³-hybridized carbons (Fsp3) is 0.188. The van der Waals surface area contributed by atoms with Crippen molar-refractivity contribution < 1.29 is 27.5 Å². The molecule has 0 aromatic heterocycles. The fourth-order valence-electron chi connectivity index (χ4n) is 1.49. The highest BCUT2D eigenvalue weighted by atomic mass is 19.2. The van der Waals surface area contributed by atoms with Crippen molar-refractivity contribution in [3.8, 4) is 0 Å². The van der Waals surface area contributed by atoms with Crippen molar-refractivity contribution in [2.75, 3.05) is 0 Å². The molecule has 0 heterocycles. The molecule has 0 spiro atoms. The molecular formula is C16H14F4O2. The van der Waals surface area contributed by atoms with Gasteiger partial charge in [0.2, 0.25) is 0 Å². The van der Waals surface area contributed by atoms with E-state index in [1.165, 1.54) is 26.0 Å². The van der Waals surface area contributed by atoms with E-state index in [4.69, 9.17) is 5.11 Å². The Balaban J connectivity index is 0.000000220. The first-order valence-electron chi connectivity index (χ1n) is 6.31. The third-order valence-electron chi connectivity index (χ3n) is 2.75. The Morgan fingerprint density at radius 1 is 0.909 bits per heavy atom. The zero-order valence-electron chi connectivity index (χ0n) is 11.9. The standard InChI is InChI=1S/C8H8F2O.C8H6F2O/c2*1-5(11)6-2-3-7(9)8(10)4-6/h2-5,11H,1H3;2-4H,1H3/t5-;/m1./s1. The molecule has 0 aliphatic rings. The van der Waals surface area contributed by atoms with E-state index in [0.29, 0.717) is 5.56 Å². The van der Waals surface area contributed by atoms with Crippen LogP contribution in [0.2, 0.25) is 0 Å². The monoisotopic (exact) mass is 314 g/mol. The molecule has 118 valence electrons. The number of ketones is 1. The molecule has 0 saturated heterocycles. The molecule has 0 fully saturated rings. The fourth-order valence-corrected chi connectivity index (χ4v) is 1.49. The van der Waals surface area contributed by atoms with Gasteiger partial charge in [0.05, 0.1) is 6.10 Å². The van der Waals surface area contributed by atoms with E-state index in [2.05, 4.69) is 0 Å². The topological polar surface area (TPSA) is 37.3 Å². The molecule has 0 amide bonds. The number of aliphatic hydroxyl groups is 1. The van der Waals surface area contributed by atoms with Crippen molar-refractivity contribution in [2.45, 2.75) is 20.0 Å². The van der Waals surface area contributed by atoms with E-state index in [9.17, 15) is 22.4 Å². The number of carbonyl (C=O) groups is 1. The molecule has 0 radical (unpaired) electrons. The highest BCUT2D eigenvalue weighted by molar-refractivity contribution is 5.93. The second kappa shape index (κ2) is 7.70. The number of halogens is 4. The van der Waals surface area contributed by atoms with Gasteiger partial charge < -0.3 is 5.11 Å². The maximum absolute atomic E-state index is 12.5. The van der Waals surface area contributed by atoms with Crippen LogP contribution in [-0.2, 0) is 0 Å². The van der Waals surface area contributed by atoms with Crippen LogP contribution in [0, 0.1) is 23.3 Å². The third kappa shape index (κ3) is 4.96. The van der Waals surface area contributed by atoms with Gasteiger partial charge in [0.15, 0.2) is 29.1 Å². The molecule has 2 nitrogen and oxygen atoms in total. The molecule has 6 heteroatoms. The third-order valence-corrected chi connectivity index (χ3v) is 2.75. The molecule has 1 atom stereocenters. The van der Waals surface area contributed by atoms with Gasteiger partial charge in [-0.25, -0.2) is 17.6 Å². The maximum Gasteiger partial charge on any atom is 0.159 e. The quantitative estimate of drug-likeness (QED) is 0.667. The van der Waals surface area contributed by atoms with Gasteiger partial charge in [-0.1, -0.05) is 6.07 Å². The van der Waals surface area contributed by atoms with Crippen LogP contribution >= 0.6 is 0 Å². The zero-order chi connectivity index (χ0) is 16.9. The Hall–Kier alpha value is -2.21. The summed E-state index contributed by atoms with van der Waals surface area (Å²) < 4.78 is 49.4. The lowest BCUT2D eigenvalue weighted by Gasteiger charge is -2.03. The van der Waals surface area contributed by atoms with Crippen LogP contribution in [0.3, 0.4) is 0 Å². The van der Waals surface area contributed by atoms with Gasteiger partial charge in [-0.05, 0) is 49.7 Å². The summed E-state index contributed by atoms with van der Waals surface area (Å²) in [6, 6.07) is 6.41. The Morgan fingerprint density at radius 3 is 1.82 bits per heavy atom. The minimum atomic E-state index is -0.988. The number of Topliss-reactive ketones (excluding diaryl/α,β-unsaturated/α-hetero) is 1. The summed E-state index contributed by atoms with van der Waals surface area (Å²) in [6.07, 6.45) is -0.759. The average molecular weight is 314 g/mol. The van der Waals surface area contributed by atoms with Crippen LogP contribution in [0.25, 0.3) is 0 Å². The van der Waals surface area contributed by atoms with Gasteiger partial charge >= 0.3 is 0 Å². The molecule has 2 aromatic carbocycles. The predicted octanol–water partition coefficient (Wildman–Crippen LogP) is 4.19. The highest BCUT2D eigenvalue weighted by Crippen LogP contribution is 2.14. The zero-order valence-corrected chi connectivity index (χ0v) is 11.9. The van der Waals surface area contributed by atoms with Crippen molar-refractivity contribution in [3.05, 3.63) is 70.8 Å². The summed E-state index contributed by atoms with van der Waals surface area (Å²) in [4.78, 5) is 10.6. The van der Waals surface area contributed by atoms with Gasteiger partial charge in [-0.3, -0.25) is 4.79 Å². The first-order chi connectivity index (χ1) is 10.2. The summed E-state index contributed by atoms with van der Waals surface area (Å²) in [6.45, 7) is 2.79. The molecule has 22 heavy (non-hydrogen) atoms. The summed E-state index contributed by atoms with van der Waals surface area (Å²) >= 11 is 0. The molecule has 1 N–H and O–H groups in total. The Morgan fingerprint density at radius 2 is 1.41 bits per heavy atom. The van der Waals surface area contributed by atoms with Gasteiger partial charge in [0, 0.05) is 5.56 Å². The van der Waals surface area contributed by atoms with Crippen molar-refractivity contribution >= 4 is 5.78 Å². The Bertz CT molecular complexity index is 669. The van der Waals surface area contributed by atoms with Crippen LogP contribution < -0.4 is 0 Å². The number of rotatable bonds is 2. The molecule has 0 saturated carbocycles. The minimum absolute atomic E-state index is 0.184. The van der Waals surface area contributed by atoms with E-state index < -0.39 is 29.4 Å². The summed E-state index contributed by atoms with van der Waals surface area (Å²) in [5.74, 6) is -4.02. The van der Waals surface area contributed by atoms with Crippen LogP contribution in [0.5, 0.6) is 0 Å². The van der Waals surface area contributed by atoms with E-state index in [-0.39, 0.29) is 11.3 Å². The van der Waals surface area contributed by atoms with E-state index in [0.717, 1.165) is 24.3 Å². The SMILES string of the molecule is CC(=O)c1ccc(F)c(F)c1.C[C@@H](O)c1ccc(F)c(F)c1. The molecule has 0 aliphatic carbocycles. The molecule has 0 bridgehead atoms. The van der Waals surface area contributed by atoms with Crippen LogP contribution in [0.15, 0.2) is 36.4 Å². The largest absolute Gasteiger partial charge is 0.389 e. The molecule has 2 rings (SSSR count). The van der Waals surface area contributed by atoms with Gasteiger partial charge in [0.1, 0.15) is 0 Å². The first-order valence-corrected chi connectivity index (χ1v) is 6.31. The lowest BCUT2D eigenvalue weighted by atomic mass is 10.1. The van der Waals surface area contributed by atoms with Crippen molar-refractivity contribution in [1.29, 1.82) is 0 Å². The molecule has 2 aromatic rings.